The number of benzene rings is 2. The molecule has 0 saturated carbocycles. The Balaban J connectivity index is 2.10. The largest absolute Gasteiger partial charge is 0.494 e. The minimum absolute atomic E-state index is 0.0836. The zero-order valence-electron chi connectivity index (χ0n) is 12.2. The van der Waals surface area contributed by atoms with Crippen molar-refractivity contribution in [2.45, 2.75) is 11.8 Å². The van der Waals surface area contributed by atoms with Crippen molar-refractivity contribution in [3.63, 3.8) is 0 Å². The highest BCUT2D eigenvalue weighted by atomic mass is 35.5. The van der Waals surface area contributed by atoms with E-state index in [9.17, 15) is 8.42 Å². The SMILES string of the molecule is CCOc1ccc(S(=O)(=O)NN=Cc2ccc(Cl)cc2Cl)cc1. The topological polar surface area (TPSA) is 67.8 Å². The van der Waals surface area contributed by atoms with Crippen LogP contribution in [0.1, 0.15) is 12.5 Å². The second kappa shape index (κ2) is 7.68. The number of hydrazone groups is 1. The van der Waals surface area contributed by atoms with E-state index in [1.54, 1.807) is 30.3 Å². The molecule has 0 amide bonds. The normalized spacial score (nSPS) is 11.6. The molecule has 0 aromatic heterocycles. The first-order valence-electron chi connectivity index (χ1n) is 6.65. The third-order valence-corrected chi connectivity index (χ3v) is 4.59. The summed E-state index contributed by atoms with van der Waals surface area (Å²) in [6, 6.07) is 10.9. The molecular weight excluding hydrogens is 359 g/mol. The molecule has 2 aromatic rings. The van der Waals surface area contributed by atoms with E-state index >= 15 is 0 Å². The molecule has 0 saturated heterocycles. The van der Waals surface area contributed by atoms with Gasteiger partial charge in [-0.3, -0.25) is 0 Å². The molecule has 8 heteroatoms. The van der Waals surface area contributed by atoms with Gasteiger partial charge in [-0.2, -0.15) is 13.5 Å². The number of hydrogen-bond donors (Lipinski definition) is 1. The third kappa shape index (κ3) is 4.86. The summed E-state index contributed by atoms with van der Waals surface area (Å²) >= 11 is 11.8. The maximum Gasteiger partial charge on any atom is 0.276 e. The van der Waals surface area contributed by atoms with Gasteiger partial charge in [0.05, 0.1) is 22.7 Å². The molecule has 2 aromatic carbocycles. The van der Waals surface area contributed by atoms with Crippen LogP contribution in [0.3, 0.4) is 0 Å². The fourth-order valence-corrected chi connectivity index (χ4v) is 2.95. The van der Waals surface area contributed by atoms with Crippen LogP contribution in [0, 0.1) is 0 Å². The number of nitrogens with one attached hydrogen (secondary N) is 1. The van der Waals surface area contributed by atoms with Gasteiger partial charge in [0.1, 0.15) is 5.75 Å². The Bertz CT molecular complexity index is 806. The number of hydrogen-bond acceptors (Lipinski definition) is 4. The Labute approximate surface area is 144 Å². The lowest BCUT2D eigenvalue weighted by Gasteiger charge is -2.06. The van der Waals surface area contributed by atoms with E-state index in [1.165, 1.54) is 18.3 Å². The first kappa shape index (κ1) is 17.6. The quantitative estimate of drug-likeness (QED) is 0.620. The van der Waals surface area contributed by atoms with E-state index in [2.05, 4.69) is 9.93 Å². The van der Waals surface area contributed by atoms with E-state index in [1.807, 2.05) is 6.92 Å². The molecule has 0 aliphatic carbocycles. The van der Waals surface area contributed by atoms with Crippen molar-refractivity contribution in [1.29, 1.82) is 0 Å². The molecule has 1 N–H and O–H groups in total. The number of halogens is 2. The van der Waals surface area contributed by atoms with E-state index in [0.717, 1.165) is 0 Å². The number of nitrogens with zero attached hydrogens (tertiary/aromatic N) is 1. The molecule has 0 unspecified atom stereocenters. The van der Waals surface area contributed by atoms with Gasteiger partial charge in [-0.05, 0) is 43.3 Å². The lowest BCUT2D eigenvalue weighted by molar-refractivity contribution is 0.340. The van der Waals surface area contributed by atoms with Crippen LogP contribution in [0.25, 0.3) is 0 Å². The molecule has 0 fully saturated rings. The fourth-order valence-electron chi connectivity index (χ4n) is 1.71. The maximum atomic E-state index is 12.1. The first-order chi connectivity index (χ1) is 10.9. The van der Waals surface area contributed by atoms with Gasteiger partial charge in [0, 0.05) is 10.6 Å². The van der Waals surface area contributed by atoms with Crippen LogP contribution in [-0.2, 0) is 10.0 Å². The van der Waals surface area contributed by atoms with Crippen LogP contribution in [0.2, 0.25) is 10.0 Å². The molecule has 2 rings (SSSR count). The van der Waals surface area contributed by atoms with Crippen LogP contribution >= 0.6 is 23.2 Å². The summed E-state index contributed by atoms with van der Waals surface area (Å²) in [6.45, 7) is 2.36. The van der Waals surface area contributed by atoms with Gasteiger partial charge < -0.3 is 4.74 Å². The summed E-state index contributed by atoms with van der Waals surface area (Å²) < 4.78 is 29.5. The summed E-state index contributed by atoms with van der Waals surface area (Å²) in [4.78, 5) is 2.21. The number of ether oxygens (including phenoxy) is 1. The van der Waals surface area contributed by atoms with Gasteiger partial charge in [-0.25, -0.2) is 4.83 Å². The molecule has 0 bridgehead atoms. The molecule has 0 aliphatic heterocycles. The number of rotatable bonds is 6. The highest BCUT2D eigenvalue weighted by molar-refractivity contribution is 7.89. The summed E-state index contributed by atoms with van der Waals surface area (Å²) in [6.07, 6.45) is 1.31. The monoisotopic (exact) mass is 372 g/mol. The van der Waals surface area contributed by atoms with Crippen molar-refractivity contribution < 1.29 is 13.2 Å². The average molecular weight is 373 g/mol. The standard InChI is InChI=1S/C15H14Cl2N2O3S/c1-2-22-13-5-7-14(8-6-13)23(20,21)19-18-10-11-3-4-12(16)9-15(11)17/h3-10,19H,2H2,1H3. The zero-order valence-corrected chi connectivity index (χ0v) is 14.5. The fraction of sp³-hybridized carbons (Fsp3) is 0.133. The Morgan fingerprint density at radius 3 is 2.48 bits per heavy atom. The minimum atomic E-state index is -3.76. The molecule has 0 atom stereocenters. The van der Waals surface area contributed by atoms with Gasteiger partial charge in [-0.1, -0.05) is 29.3 Å². The molecule has 0 radical (unpaired) electrons. The van der Waals surface area contributed by atoms with Crippen molar-refractivity contribution in [1.82, 2.24) is 4.83 Å². The third-order valence-electron chi connectivity index (χ3n) is 2.78. The second-order valence-corrected chi connectivity index (χ2v) is 6.93. The van der Waals surface area contributed by atoms with Gasteiger partial charge in [0.15, 0.2) is 0 Å². The van der Waals surface area contributed by atoms with E-state index < -0.39 is 10.0 Å². The van der Waals surface area contributed by atoms with E-state index in [4.69, 9.17) is 27.9 Å². The molecule has 5 nitrogen and oxygen atoms in total. The van der Waals surface area contributed by atoms with Crippen LogP contribution in [0.4, 0.5) is 0 Å². The molecule has 0 heterocycles. The number of sulfonamides is 1. The van der Waals surface area contributed by atoms with E-state index in [-0.39, 0.29) is 4.90 Å². The predicted octanol–water partition coefficient (Wildman–Crippen LogP) is 3.70. The summed E-state index contributed by atoms with van der Waals surface area (Å²) in [5, 5.41) is 4.58. The van der Waals surface area contributed by atoms with Crippen LogP contribution in [-0.4, -0.2) is 21.2 Å². The van der Waals surface area contributed by atoms with Crippen LogP contribution < -0.4 is 9.57 Å². The predicted molar refractivity (Wildman–Crippen MR) is 92.0 cm³/mol. The van der Waals surface area contributed by atoms with Gasteiger partial charge in [0.2, 0.25) is 0 Å². The molecule has 0 spiro atoms. The maximum absolute atomic E-state index is 12.1. The van der Waals surface area contributed by atoms with Crippen molar-refractivity contribution in [3.8, 4) is 5.75 Å². The van der Waals surface area contributed by atoms with Crippen molar-refractivity contribution in [3.05, 3.63) is 58.1 Å². The Hall–Kier alpha value is -1.76. The van der Waals surface area contributed by atoms with Crippen molar-refractivity contribution in [2.75, 3.05) is 6.61 Å². The van der Waals surface area contributed by atoms with Crippen molar-refractivity contribution in [2.24, 2.45) is 5.10 Å². The van der Waals surface area contributed by atoms with E-state index in [0.29, 0.717) is 28.0 Å². The molecule has 122 valence electrons. The highest BCUT2D eigenvalue weighted by Crippen LogP contribution is 2.19. The van der Waals surface area contributed by atoms with Crippen molar-refractivity contribution >= 4 is 39.4 Å². The summed E-state index contributed by atoms with van der Waals surface area (Å²) in [5.74, 6) is 0.600. The Kier molecular flexibility index (Phi) is 5.87. The van der Waals surface area contributed by atoms with Crippen LogP contribution in [0.5, 0.6) is 5.75 Å². The molecular formula is C15H14Cl2N2O3S. The lowest BCUT2D eigenvalue weighted by atomic mass is 10.2. The van der Waals surface area contributed by atoms with Gasteiger partial charge >= 0.3 is 0 Å². The first-order valence-corrected chi connectivity index (χ1v) is 8.89. The smallest absolute Gasteiger partial charge is 0.276 e. The minimum Gasteiger partial charge on any atom is -0.494 e. The van der Waals surface area contributed by atoms with Crippen LogP contribution in [0.15, 0.2) is 52.5 Å². The Morgan fingerprint density at radius 1 is 1.17 bits per heavy atom. The second-order valence-electron chi connectivity index (χ2n) is 4.42. The molecule has 23 heavy (non-hydrogen) atoms. The Morgan fingerprint density at radius 2 is 1.87 bits per heavy atom. The lowest BCUT2D eigenvalue weighted by Crippen LogP contribution is -2.18. The zero-order chi connectivity index (χ0) is 16.9. The van der Waals surface area contributed by atoms with Gasteiger partial charge in [-0.15, -0.1) is 0 Å². The summed E-state index contributed by atoms with van der Waals surface area (Å²) in [5.41, 5.74) is 0.547. The average Bonchev–Trinajstić information content (AvgIpc) is 2.50. The summed E-state index contributed by atoms with van der Waals surface area (Å²) in [7, 11) is -3.76. The van der Waals surface area contributed by atoms with Gasteiger partial charge in [0.25, 0.3) is 10.0 Å². The molecule has 0 aliphatic rings. The highest BCUT2D eigenvalue weighted by Gasteiger charge is 2.12.